The van der Waals surface area contributed by atoms with Crippen molar-refractivity contribution in [2.45, 2.75) is 26.3 Å². The first-order valence-corrected chi connectivity index (χ1v) is 7.07. The van der Waals surface area contributed by atoms with Gasteiger partial charge in [0.1, 0.15) is 5.75 Å². The number of ether oxygens (including phenoxy) is 1. The van der Waals surface area contributed by atoms with Crippen molar-refractivity contribution in [2.24, 2.45) is 11.7 Å². The third-order valence-electron chi connectivity index (χ3n) is 3.15. The lowest BCUT2D eigenvalue weighted by Gasteiger charge is -2.23. The van der Waals surface area contributed by atoms with Gasteiger partial charge in [0.2, 0.25) is 5.91 Å². The van der Waals surface area contributed by atoms with Crippen LogP contribution in [0.4, 0.5) is 0 Å². The van der Waals surface area contributed by atoms with Crippen molar-refractivity contribution in [2.75, 3.05) is 14.2 Å². The van der Waals surface area contributed by atoms with Gasteiger partial charge in [-0.1, -0.05) is 37.7 Å². The number of nitrogens with zero attached hydrogens (tertiary/aromatic N) is 1. The predicted octanol–water partition coefficient (Wildman–Crippen LogP) is 2.36. The van der Waals surface area contributed by atoms with Gasteiger partial charge in [0.15, 0.2) is 0 Å². The van der Waals surface area contributed by atoms with Gasteiger partial charge in [-0.05, 0) is 24.1 Å². The normalized spacial score (nSPS) is 11.8. The van der Waals surface area contributed by atoms with Crippen LogP contribution in [0, 0.1) is 5.92 Å². The number of methoxy groups -OCH3 is 1. The van der Waals surface area contributed by atoms with E-state index in [0.29, 0.717) is 13.0 Å². The summed E-state index contributed by atoms with van der Waals surface area (Å²) in [4.78, 5) is 14.3. The molecule has 1 aromatic rings. The zero-order chi connectivity index (χ0) is 15.1. The van der Waals surface area contributed by atoms with E-state index in [1.807, 2.05) is 31.2 Å². The van der Waals surface area contributed by atoms with Crippen molar-refractivity contribution < 1.29 is 9.53 Å². The molecule has 0 heterocycles. The molecule has 20 heavy (non-hydrogen) atoms. The molecule has 0 aromatic heterocycles. The number of carbonyl (C=O) groups excluding carboxylic acids is 1. The molecule has 0 aliphatic heterocycles. The summed E-state index contributed by atoms with van der Waals surface area (Å²) in [5, 5.41) is 0. The van der Waals surface area contributed by atoms with Crippen LogP contribution in [0.2, 0.25) is 0 Å². The van der Waals surface area contributed by atoms with Crippen LogP contribution in [0.1, 0.15) is 25.3 Å². The fraction of sp³-hybridized carbons (Fsp3) is 0.467. The molecule has 1 aromatic carbocycles. The minimum absolute atomic E-state index is 0.0258. The van der Waals surface area contributed by atoms with Crippen LogP contribution in [0.3, 0.4) is 0 Å². The summed E-state index contributed by atoms with van der Waals surface area (Å²) in [6.45, 7) is 2.53. The van der Waals surface area contributed by atoms with Crippen LogP contribution in [0.25, 0.3) is 0 Å². The highest BCUT2D eigenvalue weighted by Gasteiger charge is 2.23. The minimum Gasteiger partial charge on any atom is -0.497 e. The molecule has 4 nitrogen and oxygen atoms in total. The molecule has 5 heteroatoms. The molecule has 0 saturated heterocycles. The summed E-state index contributed by atoms with van der Waals surface area (Å²) >= 11 is 4.99. The van der Waals surface area contributed by atoms with Gasteiger partial charge in [-0.3, -0.25) is 4.79 Å². The number of nitrogens with two attached hydrogens (primary N) is 1. The second kappa shape index (κ2) is 7.85. The number of benzene rings is 1. The molecular formula is C15H22N2O2S. The molecule has 0 saturated carbocycles. The fourth-order valence-corrected chi connectivity index (χ4v) is 2.28. The maximum absolute atomic E-state index is 12.4. The lowest BCUT2D eigenvalue weighted by molar-refractivity contribution is -0.132. The molecular weight excluding hydrogens is 272 g/mol. The summed E-state index contributed by atoms with van der Waals surface area (Å²) in [6.07, 6.45) is 1.57. The Labute approximate surface area is 125 Å². The van der Waals surface area contributed by atoms with Crippen molar-refractivity contribution in [1.82, 2.24) is 4.90 Å². The highest BCUT2D eigenvalue weighted by Crippen LogP contribution is 2.16. The van der Waals surface area contributed by atoms with Gasteiger partial charge in [0, 0.05) is 13.6 Å². The Balaban J connectivity index is 2.75. The summed E-state index contributed by atoms with van der Waals surface area (Å²) in [5.74, 6) is 0.385. The standard InChI is InChI=1S/C15H22N2O2S/c1-4-6-13(14(16)20)15(18)17(2)10-11-7-5-8-12(9-11)19-3/h5,7-9,13H,4,6,10H2,1-3H3,(H2,16,20). The van der Waals surface area contributed by atoms with E-state index in [4.69, 9.17) is 22.7 Å². The molecule has 1 unspecified atom stereocenters. The molecule has 0 aliphatic carbocycles. The van der Waals surface area contributed by atoms with Crippen molar-refractivity contribution >= 4 is 23.1 Å². The van der Waals surface area contributed by atoms with Gasteiger partial charge in [0.05, 0.1) is 18.0 Å². The Morgan fingerprint density at radius 3 is 2.75 bits per heavy atom. The number of hydrogen-bond acceptors (Lipinski definition) is 3. The lowest BCUT2D eigenvalue weighted by Crippen LogP contribution is -2.38. The predicted molar refractivity (Wildman–Crippen MR) is 84.7 cm³/mol. The molecule has 0 aliphatic rings. The second-order valence-corrected chi connectivity index (χ2v) is 5.26. The number of rotatable bonds is 7. The van der Waals surface area contributed by atoms with Crippen molar-refractivity contribution in [3.63, 3.8) is 0 Å². The van der Waals surface area contributed by atoms with Gasteiger partial charge in [0.25, 0.3) is 0 Å². The first kappa shape index (κ1) is 16.4. The van der Waals surface area contributed by atoms with Crippen molar-refractivity contribution in [3.05, 3.63) is 29.8 Å². The number of thiocarbonyl (C=S) groups is 1. The monoisotopic (exact) mass is 294 g/mol. The van der Waals surface area contributed by atoms with Gasteiger partial charge < -0.3 is 15.4 Å². The molecule has 1 amide bonds. The van der Waals surface area contributed by atoms with Crippen LogP contribution in [-0.4, -0.2) is 30.0 Å². The Morgan fingerprint density at radius 1 is 1.50 bits per heavy atom. The SMILES string of the molecule is CCCC(C(=O)N(C)Cc1cccc(OC)c1)C(N)=S. The van der Waals surface area contributed by atoms with E-state index in [-0.39, 0.29) is 16.8 Å². The molecule has 0 fully saturated rings. The lowest BCUT2D eigenvalue weighted by atomic mass is 10.0. The molecule has 110 valence electrons. The number of carbonyl (C=O) groups is 1. The van der Waals surface area contributed by atoms with E-state index in [2.05, 4.69) is 0 Å². The second-order valence-electron chi connectivity index (χ2n) is 4.79. The van der Waals surface area contributed by atoms with Crippen LogP contribution >= 0.6 is 12.2 Å². The molecule has 0 radical (unpaired) electrons. The summed E-state index contributed by atoms with van der Waals surface area (Å²) in [6, 6.07) is 7.66. The van der Waals surface area contributed by atoms with E-state index in [9.17, 15) is 4.79 Å². The quantitative estimate of drug-likeness (QED) is 0.784. The Bertz CT molecular complexity index is 477. The van der Waals surface area contributed by atoms with Gasteiger partial charge in [-0.15, -0.1) is 0 Å². The minimum atomic E-state index is -0.370. The van der Waals surface area contributed by atoms with E-state index in [0.717, 1.165) is 17.7 Å². The Kier molecular flexibility index (Phi) is 6.45. The number of amides is 1. The van der Waals surface area contributed by atoms with E-state index in [1.54, 1.807) is 19.1 Å². The van der Waals surface area contributed by atoms with Gasteiger partial charge >= 0.3 is 0 Å². The first-order chi connectivity index (χ1) is 9.49. The largest absolute Gasteiger partial charge is 0.497 e. The van der Waals surface area contributed by atoms with Gasteiger partial charge in [-0.2, -0.15) is 0 Å². The third kappa shape index (κ3) is 4.49. The van der Waals surface area contributed by atoms with Crippen molar-refractivity contribution in [3.8, 4) is 5.75 Å². The highest BCUT2D eigenvalue weighted by molar-refractivity contribution is 7.80. The van der Waals surface area contributed by atoms with Gasteiger partial charge in [-0.25, -0.2) is 0 Å². The number of hydrogen-bond donors (Lipinski definition) is 1. The molecule has 2 N–H and O–H groups in total. The molecule has 1 atom stereocenters. The van der Waals surface area contributed by atoms with E-state index >= 15 is 0 Å². The molecule has 1 rings (SSSR count). The average Bonchev–Trinajstić information content (AvgIpc) is 2.43. The first-order valence-electron chi connectivity index (χ1n) is 6.66. The summed E-state index contributed by atoms with van der Waals surface area (Å²) < 4.78 is 5.18. The van der Waals surface area contributed by atoms with E-state index < -0.39 is 0 Å². The maximum Gasteiger partial charge on any atom is 0.232 e. The maximum atomic E-state index is 12.4. The molecule has 0 bridgehead atoms. The molecule has 0 spiro atoms. The third-order valence-corrected chi connectivity index (χ3v) is 3.43. The van der Waals surface area contributed by atoms with Crippen LogP contribution < -0.4 is 10.5 Å². The zero-order valence-corrected chi connectivity index (χ0v) is 13.1. The average molecular weight is 294 g/mol. The fourth-order valence-electron chi connectivity index (χ4n) is 2.06. The van der Waals surface area contributed by atoms with Crippen molar-refractivity contribution in [1.29, 1.82) is 0 Å². The van der Waals surface area contributed by atoms with Crippen LogP contribution in [-0.2, 0) is 11.3 Å². The summed E-state index contributed by atoms with van der Waals surface area (Å²) in [7, 11) is 3.39. The summed E-state index contributed by atoms with van der Waals surface area (Å²) in [5.41, 5.74) is 6.68. The highest BCUT2D eigenvalue weighted by atomic mass is 32.1. The topological polar surface area (TPSA) is 55.6 Å². The zero-order valence-electron chi connectivity index (χ0n) is 12.3. The van der Waals surface area contributed by atoms with Crippen LogP contribution in [0.15, 0.2) is 24.3 Å². The Hall–Kier alpha value is -1.62. The van der Waals surface area contributed by atoms with E-state index in [1.165, 1.54) is 0 Å². The van der Waals surface area contributed by atoms with Crippen LogP contribution in [0.5, 0.6) is 5.75 Å². The smallest absolute Gasteiger partial charge is 0.232 e. The Morgan fingerprint density at radius 2 is 2.20 bits per heavy atom.